The predicted octanol–water partition coefficient (Wildman–Crippen LogP) is 2.90. The number of rotatable bonds is 2. The molecule has 1 aliphatic rings. The van der Waals surface area contributed by atoms with Crippen molar-refractivity contribution < 1.29 is 9.53 Å². The van der Waals surface area contributed by atoms with Crippen LogP contribution in [-0.4, -0.2) is 36.0 Å². The van der Waals surface area contributed by atoms with Gasteiger partial charge in [-0.25, -0.2) is 0 Å². The Morgan fingerprint density at radius 3 is 2.80 bits per heavy atom. The first-order chi connectivity index (χ1) is 9.74. The van der Waals surface area contributed by atoms with Crippen molar-refractivity contribution in [3.8, 4) is 5.75 Å². The van der Waals surface area contributed by atoms with E-state index in [4.69, 9.17) is 4.74 Å². The van der Waals surface area contributed by atoms with Gasteiger partial charge in [-0.3, -0.25) is 4.79 Å². The van der Waals surface area contributed by atoms with Gasteiger partial charge in [0.1, 0.15) is 5.75 Å². The Bertz CT molecular complexity index is 708. The molecule has 6 heteroatoms. The number of amides is 1. The first kappa shape index (κ1) is 12.5. The van der Waals surface area contributed by atoms with E-state index in [9.17, 15) is 10.2 Å². The summed E-state index contributed by atoms with van der Waals surface area (Å²) in [5, 5.41) is 9.93. The largest absolute Gasteiger partial charge is 0.497 e. The van der Waals surface area contributed by atoms with Crippen LogP contribution in [0.25, 0.3) is 15.9 Å². The number of benzene rings is 1. The number of aromatic nitrogens is 1. The molecule has 20 heavy (non-hydrogen) atoms. The Balaban J connectivity index is 2.11. The lowest BCUT2D eigenvalue weighted by molar-refractivity contribution is 0.0789. The molecule has 1 fully saturated rings. The Labute approximate surface area is 116 Å². The number of fused-ring (bicyclic) bond motifs is 1. The van der Waals surface area contributed by atoms with Gasteiger partial charge in [0.05, 0.1) is 18.0 Å². The number of likely N-dealkylation sites (tertiary alicyclic amines) is 1. The van der Waals surface area contributed by atoms with Gasteiger partial charge in [-0.1, -0.05) is 0 Å². The maximum Gasteiger partial charge on any atom is 0.423 e. The molecule has 0 bridgehead atoms. The third kappa shape index (κ3) is 1.88. The van der Waals surface area contributed by atoms with Gasteiger partial charge in [0.25, 0.3) is 5.91 Å². The fraction of sp³-hybridized carbons (Fsp3) is 0.357. The van der Waals surface area contributed by atoms with Crippen LogP contribution >= 0.6 is 0 Å². The number of diazo groups is 1. The molecule has 1 aromatic carbocycles. The zero-order valence-corrected chi connectivity index (χ0v) is 11.2. The molecular weight excluding hydrogens is 256 g/mol. The molecule has 0 saturated carbocycles. The zero-order chi connectivity index (χ0) is 14.1. The SMILES string of the molecule is COc1ccc2[nH]c(C(=O)N3CCCC3)c([N+]#N)c2c1. The molecule has 0 unspecified atom stereocenters. The summed E-state index contributed by atoms with van der Waals surface area (Å²) < 4.78 is 5.16. The number of aromatic amines is 1. The van der Waals surface area contributed by atoms with E-state index >= 15 is 0 Å². The molecule has 1 N–H and O–H groups in total. The van der Waals surface area contributed by atoms with Crippen LogP contribution in [0.5, 0.6) is 5.75 Å². The van der Waals surface area contributed by atoms with E-state index in [2.05, 4.69) is 9.96 Å². The summed E-state index contributed by atoms with van der Waals surface area (Å²) in [6, 6.07) is 5.36. The minimum Gasteiger partial charge on any atom is -0.497 e. The molecule has 102 valence electrons. The van der Waals surface area contributed by atoms with Crippen molar-refractivity contribution in [2.24, 2.45) is 0 Å². The summed E-state index contributed by atoms with van der Waals surface area (Å²) in [6.45, 7) is 1.50. The Morgan fingerprint density at radius 1 is 1.40 bits per heavy atom. The van der Waals surface area contributed by atoms with E-state index in [0.717, 1.165) is 31.4 Å². The van der Waals surface area contributed by atoms with Crippen LogP contribution < -0.4 is 4.74 Å². The maximum atomic E-state index is 12.4. The van der Waals surface area contributed by atoms with Gasteiger partial charge in [-0.15, -0.1) is 0 Å². The summed E-state index contributed by atoms with van der Waals surface area (Å²) in [4.78, 5) is 20.6. The second kappa shape index (κ2) is 4.85. The fourth-order valence-electron chi connectivity index (χ4n) is 2.62. The first-order valence-corrected chi connectivity index (χ1v) is 6.58. The molecule has 2 heterocycles. The quantitative estimate of drug-likeness (QED) is 0.853. The van der Waals surface area contributed by atoms with Crippen molar-refractivity contribution in [3.63, 3.8) is 0 Å². The molecule has 1 aliphatic heterocycles. The van der Waals surface area contributed by atoms with Crippen LogP contribution in [0.3, 0.4) is 0 Å². The minimum atomic E-state index is -0.120. The van der Waals surface area contributed by atoms with E-state index < -0.39 is 0 Å². The van der Waals surface area contributed by atoms with E-state index in [0.29, 0.717) is 16.8 Å². The molecule has 0 radical (unpaired) electrons. The number of nitrogens with zero attached hydrogens (tertiary/aromatic N) is 3. The lowest BCUT2D eigenvalue weighted by atomic mass is 10.2. The Kier molecular flexibility index (Phi) is 3.03. The second-order valence-corrected chi connectivity index (χ2v) is 4.86. The molecule has 0 spiro atoms. The highest BCUT2D eigenvalue weighted by Gasteiger charge is 2.31. The normalized spacial score (nSPS) is 14.5. The number of nitrogens with one attached hydrogen (secondary N) is 1. The highest BCUT2D eigenvalue weighted by molar-refractivity contribution is 6.08. The molecule has 1 amide bonds. The molecule has 0 aliphatic carbocycles. The van der Waals surface area contributed by atoms with Crippen LogP contribution in [0.2, 0.25) is 0 Å². The highest BCUT2D eigenvalue weighted by Crippen LogP contribution is 2.34. The molecule has 6 nitrogen and oxygen atoms in total. The van der Waals surface area contributed by atoms with Crippen molar-refractivity contribution in [1.82, 2.24) is 9.88 Å². The maximum absolute atomic E-state index is 12.4. The molecule has 0 atom stereocenters. The van der Waals surface area contributed by atoms with Gasteiger partial charge in [0.15, 0.2) is 4.98 Å². The van der Waals surface area contributed by atoms with E-state index in [1.807, 2.05) is 6.07 Å². The number of methoxy groups -OCH3 is 1. The van der Waals surface area contributed by atoms with Crippen LogP contribution in [0.15, 0.2) is 18.2 Å². The van der Waals surface area contributed by atoms with Gasteiger partial charge in [-0.2, -0.15) is 0 Å². The van der Waals surface area contributed by atoms with Crippen LogP contribution in [0.1, 0.15) is 23.3 Å². The topological polar surface area (TPSA) is 73.5 Å². The van der Waals surface area contributed by atoms with Crippen LogP contribution in [0.4, 0.5) is 5.69 Å². The summed E-state index contributed by atoms with van der Waals surface area (Å²) in [7, 11) is 1.57. The number of carbonyl (C=O) groups is 1. The molecule has 3 rings (SSSR count). The van der Waals surface area contributed by atoms with Crippen molar-refractivity contribution in [1.29, 1.82) is 5.39 Å². The van der Waals surface area contributed by atoms with Crippen LogP contribution in [-0.2, 0) is 0 Å². The Morgan fingerprint density at radius 2 is 2.15 bits per heavy atom. The summed E-state index contributed by atoms with van der Waals surface area (Å²) in [5.74, 6) is 0.534. The summed E-state index contributed by atoms with van der Waals surface area (Å²) >= 11 is 0. The predicted molar refractivity (Wildman–Crippen MR) is 74.7 cm³/mol. The highest BCUT2D eigenvalue weighted by atomic mass is 16.5. The molecular formula is C14H15N4O2+. The fourth-order valence-corrected chi connectivity index (χ4v) is 2.62. The standard InChI is InChI=1S/C14H14N4O2/c1-20-9-4-5-11-10(8-9)12(17-15)13(16-11)14(19)18-6-2-3-7-18/h4-5,8H,2-3,6-7H2,1H3/p+1. The third-order valence-electron chi connectivity index (χ3n) is 3.69. The number of ether oxygens (including phenoxy) is 1. The monoisotopic (exact) mass is 271 g/mol. The Hall–Kier alpha value is -2.55. The lowest BCUT2D eigenvalue weighted by Gasteiger charge is -2.12. The van der Waals surface area contributed by atoms with Crippen molar-refractivity contribution in [2.45, 2.75) is 12.8 Å². The van der Waals surface area contributed by atoms with E-state index in [-0.39, 0.29) is 11.6 Å². The van der Waals surface area contributed by atoms with Crippen molar-refractivity contribution in [3.05, 3.63) is 28.9 Å². The summed E-state index contributed by atoms with van der Waals surface area (Å²) in [6.07, 6.45) is 2.04. The smallest absolute Gasteiger partial charge is 0.423 e. The van der Waals surface area contributed by atoms with Gasteiger partial charge in [-0.05, 0) is 31.0 Å². The third-order valence-corrected chi connectivity index (χ3v) is 3.69. The van der Waals surface area contributed by atoms with Gasteiger partial charge in [0, 0.05) is 13.1 Å². The van der Waals surface area contributed by atoms with Gasteiger partial charge >= 0.3 is 5.69 Å². The average Bonchev–Trinajstić information content (AvgIpc) is 3.12. The average molecular weight is 271 g/mol. The summed E-state index contributed by atoms with van der Waals surface area (Å²) in [5.41, 5.74) is 1.36. The first-order valence-electron chi connectivity index (χ1n) is 6.58. The minimum absolute atomic E-state index is 0.120. The van der Waals surface area contributed by atoms with Crippen LogP contribution in [0, 0.1) is 5.39 Å². The van der Waals surface area contributed by atoms with Gasteiger partial charge < -0.3 is 14.6 Å². The molecule has 1 saturated heterocycles. The molecule has 1 aromatic heterocycles. The lowest BCUT2D eigenvalue weighted by Crippen LogP contribution is -2.27. The van der Waals surface area contributed by atoms with Gasteiger partial charge in [0.2, 0.25) is 11.1 Å². The van der Waals surface area contributed by atoms with Crippen molar-refractivity contribution in [2.75, 3.05) is 20.2 Å². The number of hydrogen-bond donors (Lipinski definition) is 1. The number of carbonyl (C=O) groups excluding carboxylic acids is 1. The van der Waals surface area contributed by atoms with E-state index in [1.165, 1.54) is 0 Å². The number of H-pyrrole nitrogens is 1. The van der Waals surface area contributed by atoms with Crippen molar-refractivity contribution >= 4 is 22.5 Å². The number of hydrogen-bond acceptors (Lipinski definition) is 3. The zero-order valence-electron chi connectivity index (χ0n) is 11.2. The molecule has 2 aromatic rings. The second-order valence-electron chi connectivity index (χ2n) is 4.86. The van der Waals surface area contributed by atoms with E-state index in [1.54, 1.807) is 24.1 Å².